The summed E-state index contributed by atoms with van der Waals surface area (Å²) in [4.78, 5) is 0. The number of thioether (sulfide) groups is 2. The van der Waals surface area contributed by atoms with E-state index in [9.17, 15) is 0 Å². The molecule has 2 rings (SSSR count). The summed E-state index contributed by atoms with van der Waals surface area (Å²) in [6.07, 6.45) is 0.789. The molecule has 0 spiro atoms. The zero-order valence-corrected chi connectivity index (χ0v) is 16.7. The molecule has 25 heavy (non-hydrogen) atoms. The van der Waals surface area contributed by atoms with E-state index in [-0.39, 0.29) is 9.49 Å². The van der Waals surface area contributed by atoms with Crippen LogP contribution in [0.5, 0.6) is 0 Å². The molecule has 0 aliphatic carbocycles. The van der Waals surface area contributed by atoms with Gasteiger partial charge in [0.15, 0.2) is 0 Å². The highest BCUT2D eigenvalue weighted by Crippen LogP contribution is 2.40. The molecule has 0 atom stereocenters. The van der Waals surface area contributed by atoms with Gasteiger partial charge in [-0.3, -0.25) is 0 Å². The van der Waals surface area contributed by atoms with Gasteiger partial charge in [-0.15, -0.1) is 0 Å². The highest BCUT2D eigenvalue weighted by Gasteiger charge is 2.27. The van der Waals surface area contributed by atoms with Crippen LogP contribution in [0.3, 0.4) is 0 Å². The lowest BCUT2D eigenvalue weighted by molar-refractivity contribution is 0.760. The minimum atomic E-state index is -0.267. The number of thiocyanates is 2. The van der Waals surface area contributed by atoms with E-state index in [0.717, 1.165) is 6.42 Å². The fourth-order valence-electron chi connectivity index (χ4n) is 3.07. The Labute approximate surface area is 159 Å². The molecule has 0 saturated carbocycles. The van der Waals surface area contributed by atoms with Crippen molar-refractivity contribution in [1.29, 1.82) is 10.5 Å². The molecule has 0 unspecified atom stereocenters. The van der Waals surface area contributed by atoms with Gasteiger partial charge < -0.3 is 0 Å². The first-order chi connectivity index (χ1) is 11.8. The normalized spacial score (nSPS) is 11.6. The molecule has 128 valence electrons. The number of hydrogen-bond acceptors (Lipinski definition) is 4. The van der Waals surface area contributed by atoms with Crippen LogP contribution >= 0.6 is 23.5 Å². The maximum absolute atomic E-state index is 9.13. The quantitative estimate of drug-likeness (QED) is 0.573. The summed E-state index contributed by atoms with van der Waals surface area (Å²) in [7, 11) is 0. The lowest BCUT2D eigenvalue weighted by atomic mass is 9.88. The molecule has 4 heteroatoms. The van der Waals surface area contributed by atoms with Crippen molar-refractivity contribution in [3.05, 3.63) is 70.8 Å². The van der Waals surface area contributed by atoms with E-state index in [1.54, 1.807) is 0 Å². The molecule has 0 aliphatic rings. The van der Waals surface area contributed by atoms with Crippen LogP contribution in [0.25, 0.3) is 0 Å². The largest absolute Gasteiger partial charge is 0.185 e. The summed E-state index contributed by atoms with van der Waals surface area (Å²) >= 11 is 2.58. The second-order valence-electron chi connectivity index (χ2n) is 6.90. The van der Waals surface area contributed by atoms with E-state index in [0.29, 0.717) is 0 Å². The number of nitriles is 2. The SMILES string of the molecule is CC(C)(SC#N)c1ccccc1Cc1ccccc1C(C)(C)SC#N. The van der Waals surface area contributed by atoms with Gasteiger partial charge in [0.05, 0.1) is 0 Å². The van der Waals surface area contributed by atoms with E-state index in [1.165, 1.54) is 45.8 Å². The zero-order valence-electron chi connectivity index (χ0n) is 15.0. The van der Waals surface area contributed by atoms with Gasteiger partial charge in [0.25, 0.3) is 0 Å². The summed E-state index contributed by atoms with van der Waals surface area (Å²) in [5, 5.41) is 22.7. The minimum absolute atomic E-state index is 0.267. The Balaban J connectivity index is 2.47. The Morgan fingerprint density at radius 2 is 1.08 bits per heavy atom. The number of nitrogens with zero attached hydrogens (tertiary/aromatic N) is 2. The summed E-state index contributed by atoms with van der Waals surface area (Å²) in [5.74, 6) is 0. The van der Waals surface area contributed by atoms with Gasteiger partial charge in [0, 0.05) is 9.49 Å². The van der Waals surface area contributed by atoms with Crippen LogP contribution in [-0.2, 0) is 15.9 Å². The van der Waals surface area contributed by atoms with Crippen molar-refractivity contribution in [1.82, 2.24) is 0 Å². The third kappa shape index (κ3) is 4.60. The maximum Gasteiger partial charge on any atom is 0.134 e. The van der Waals surface area contributed by atoms with Crippen molar-refractivity contribution in [3.8, 4) is 10.8 Å². The van der Waals surface area contributed by atoms with Crippen LogP contribution in [0.2, 0.25) is 0 Å². The van der Waals surface area contributed by atoms with Crippen LogP contribution in [0.15, 0.2) is 48.5 Å². The molecule has 0 radical (unpaired) electrons. The monoisotopic (exact) mass is 366 g/mol. The molecule has 2 nitrogen and oxygen atoms in total. The van der Waals surface area contributed by atoms with Crippen molar-refractivity contribution < 1.29 is 0 Å². The van der Waals surface area contributed by atoms with Crippen molar-refractivity contribution in [2.45, 2.75) is 43.6 Å². The molecule has 2 aromatic rings. The first kappa shape index (κ1) is 19.4. The average Bonchev–Trinajstić information content (AvgIpc) is 2.55. The smallest absolute Gasteiger partial charge is 0.134 e. The number of hydrogen-bond donors (Lipinski definition) is 0. The molecule has 2 aromatic carbocycles. The van der Waals surface area contributed by atoms with Crippen molar-refractivity contribution in [2.75, 3.05) is 0 Å². The Kier molecular flexibility index (Phi) is 6.22. The molecule has 0 fully saturated rings. The van der Waals surface area contributed by atoms with Gasteiger partial charge in [-0.05, 0) is 79.9 Å². The maximum atomic E-state index is 9.13. The Morgan fingerprint density at radius 3 is 1.44 bits per heavy atom. The van der Waals surface area contributed by atoms with Crippen LogP contribution in [0.1, 0.15) is 49.9 Å². The third-order valence-electron chi connectivity index (χ3n) is 4.31. The molecule has 0 heterocycles. The summed E-state index contributed by atoms with van der Waals surface area (Å²) in [6, 6.07) is 16.6. The predicted octanol–water partition coefficient (Wildman–Crippen LogP) is 6.18. The summed E-state index contributed by atoms with van der Waals surface area (Å²) in [6.45, 7) is 8.34. The molecule has 0 aromatic heterocycles. The van der Waals surface area contributed by atoms with Crippen LogP contribution < -0.4 is 0 Å². The summed E-state index contributed by atoms with van der Waals surface area (Å²) < 4.78 is -0.533. The van der Waals surface area contributed by atoms with Crippen LogP contribution in [-0.4, -0.2) is 0 Å². The van der Waals surface area contributed by atoms with E-state index in [2.05, 4.69) is 62.8 Å². The zero-order chi connectivity index (χ0) is 18.5. The minimum Gasteiger partial charge on any atom is -0.185 e. The van der Waals surface area contributed by atoms with Gasteiger partial charge >= 0.3 is 0 Å². The van der Waals surface area contributed by atoms with Gasteiger partial charge in [0.2, 0.25) is 0 Å². The molecular formula is C21H22N2S2. The third-order valence-corrected chi connectivity index (χ3v) is 5.96. The van der Waals surface area contributed by atoms with Gasteiger partial charge in [-0.2, -0.15) is 10.5 Å². The fraction of sp³-hybridized carbons (Fsp3) is 0.333. The van der Waals surface area contributed by atoms with Crippen LogP contribution in [0, 0.1) is 21.3 Å². The topological polar surface area (TPSA) is 47.6 Å². The van der Waals surface area contributed by atoms with Crippen LogP contribution in [0.4, 0.5) is 0 Å². The van der Waals surface area contributed by atoms with Gasteiger partial charge in [-0.25, -0.2) is 0 Å². The van der Waals surface area contributed by atoms with E-state index in [4.69, 9.17) is 10.5 Å². The summed E-state index contributed by atoms with van der Waals surface area (Å²) in [5.41, 5.74) is 4.81. The first-order valence-corrected chi connectivity index (χ1v) is 9.76. The number of rotatable bonds is 6. The van der Waals surface area contributed by atoms with Gasteiger partial charge in [0.1, 0.15) is 10.8 Å². The molecular weight excluding hydrogens is 344 g/mol. The van der Waals surface area contributed by atoms with Crippen molar-refractivity contribution in [3.63, 3.8) is 0 Å². The van der Waals surface area contributed by atoms with E-state index in [1.807, 2.05) is 24.3 Å². The molecule has 0 saturated heterocycles. The molecule has 0 amide bonds. The molecule has 0 N–H and O–H groups in total. The van der Waals surface area contributed by atoms with E-state index >= 15 is 0 Å². The first-order valence-electron chi connectivity index (χ1n) is 8.13. The van der Waals surface area contributed by atoms with Crippen molar-refractivity contribution >= 4 is 23.5 Å². The Hall–Kier alpha value is -1.88. The number of benzene rings is 2. The molecule has 0 bridgehead atoms. The van der Waals surface area contributed by atoms with E-state index < -0.39 is 0 Å². The lowest BCUT2D eigenvalue weighted by Gasteiger charge is -2.27. The second-order valence-corrected chi connectivity index (χ2v) is 9.71. The van der Waals surface area contributed by atoms with Crippen molar-refractivity contribution in [2.24, 2.45) is 0 Å². The second kappa shape index (κ2) is 8.00. The lowest BCUT2D eigenvalue weighted by Crippen LogP contribution is -2.17. The van der Waals surface area contributed by atoms with Gasteiger partial charge in [-0.1, -0.05) is 48.5 Å². The highest BCUT2D eigenvalue weighted by atomic mass is 32.2. The Bertz CT molecular complexity index is 757. The highest BCUT2D eigenvalue weighted by molar-refractivity contribution is 8.04. The molecule has 0 aliphatic heterocycles. The predicted molar refractivity (Wildman–Crippen MR) is 108 cm³/mol. The standard InChI is InChI=1S/C21H22N2S2/c1-20(2,24-14-22)18-11-7-5-9-16(18)13-17-10-6-8-12-19(17)21(3,4)25-15-23/h5-12H,13H2,1-4H3. The fourth-order valence-corrected chi connectivity index (χ4v) is 4.14. The Morgan fingerprint density at radius 1 is 0.720 bits per heavy atom. The average molecular weight is 367 g/mol.